The minimum absolute atomic E-state index is 7.50. The van der Waals surface area contributed by atoms with Crippen molar-refractivity contribution in [3.05, 3.63) is 0 Å². The first-order valence-electron chi connectivity index (χ1n) is 5.19. The highest BCUT2D eigenvalue weighted by Gasteiger charge is 2.97. The highest BCUT2D eigenvalue weighted by atomic mass is 19.4. The zero-order valence-electron chi connectivity index (χ0n) is 10.9. The van der Waals surface area contributed by atoms with Crippen LogP contribution in [-0.2, 0) is 0 Å². The topological polar surface area (TPSA) is 20.2 Å². The highest BCUT2D eigenvalue weighted by molar-refractivity contribution is 5.17. The predicted molar refractivity (Wildman–Crippen MR) is 42.9 cm³/mol. The molecule has 1 atom stereocenters. The summed E-state index contributed by atoms with van der Waals surface area (Å²) in [6.45, 7) is 0. The summed E-state index contributed by atoms with van der Waals surface area (Å²) in [5, 5.41) is 7.50. The standard InChI is InChI=1S/C8HF17O/c9-1(6(18,19)20,8(24,25)26)2(10,11)3(12,13)4(14,15)5(16,17)7(21,22)23/h26H. The van der Waals surface area contributed by atoms with Gasteiger partial charge in [0.1, 0.15) is 0 Å². The summed E-state index contributed by atoms with van der Waals surface area (Å²) in [5.41, 5.74) is -8.39. The largest absolute Gasteiger partial charge is 0.460 e. The Bertz CT molecular complexity index is 504. The summed E-state index contributed by atoms with van der Waals surface area (Å²) in [4.78, 5) is 0. The fourth-order valence-corrected chi connectivity index (χ4v) is 1.33. The van der Waals surface area contributed by atoms with Crippen molar-refractivity contribution < 1.29 is 79.7 Å². The first-order chi connectivity index (χ1) is 10.8. The molecule has 0 bridgehead atoms. The van der Waals surface area contributed by atoms with Crippen LogP contribution in [0.3, 0.4) is 0 Å². The molecule has 26 heavy (non-hydrogen) atoms. The molecule has 1 N–H and O–H groups in total. The van der Waals surface area contributed by atoms with Gasteiger partial charge in [-0.25, -0.2) is 4.39 Å². The molecule has 0 aliphatic carbocycles. The van der Waals surface area contributed by atoms with Crippen LogP contribution in [0.25, 0.3) is 0 Å². The second-order valence-electron chi connectivity index (χ2n) is 4.49. The molecule has 0 aromatic rings. The van der Waals surface area contributed by atoms with Crippen molar-refractivity contribution in [2.24, 2.45) is 0 Å². The Morgan fingerprint density at radius 1 is 0.346 bits per heavy atom. The molecule has 0 saturated heterocycles. The van der Waals surface area contributed by atoms with Gasteiger partial charge in [0, 0.05) is 0 Å². The molecule has 0 spiro atoms. The third-order valence-corrected chi connectivity index (χ3v) is 2.78. The van der Waals surface area contributed by atoms with Crippen molar-refractivity contribution in [3.63, 3.8) is 0 Å². The second kappa shape index (κ2) is 5.63. The minimum atomic E-state index is -8.74. The van der Waals surface area contributed by atoms with Gasteiger partial charge in [-0.3, -0.25) is 0 Å². The van der Waals surface area contributed by atoms with Crippen molar-refractivity contribution in [1.29, 1.82) is 0 Å². The summed E-state index contributed by atoms with van der Waals surface area (Å²) in [7, 11) is 0. The minimum Gasteiger partial charge on any atom is -0.333 e. The molecule has 0 radical (unpaired) electrons. The van der Waals surface area contributed by atoms with Gasteiger partial charge in [-0.1, -0.05) is 0 Å². The van der Waals surface area contributed by atoms with E-state index < -0.39 is 47.8 Å². The molecular formula is C8HF17O. The first kappa shape index (κ1) is 24.8. The SMILES string of the molecule is OC(F)(F)C(F)(C(F)(F)F)C(F)(F)C(F)(F)C(F)(F)C(F)(F)C(F)(F)F. The van der Waals surface area contributed by atoms with Crippen LogP contribution in [0.4, 0.5) is 74.6 Å². The molecule has 0 rings (SSSR count). The van der Waals surface area contributed by atoms with Crippen LogP contribution in [0.5, 0.6) is 0 Å². The number of aliphatic hydroxyl groups is 1. The third kappa shape index (κ3) is 2.83. The fourth-order valence-electron chi connectivity index (χ4n) is 1.33. The maximum atomic E-state index is 13.1. The van der Waals surface area contributed by atoms with Crippen molar-refractivity contribution >= 4 is 0 Å². The molecule has 0 saturated carbocycles. The van der Waals surface area contributed by atoms with E-state index in [0.717, 1.165) is 0 Å². The predicted octanol–water partition coefficient (Wildman–Crippen LogP) is 4.95. The van der Waals surface area contributed by atoms with Gasteiger partial charge in [-0.15, -0.1) is 0 Å². The van der Waals surface area contributed by atoms with Gasteiger partial charge in [0.05, 0.1) is 0 Å². The van der Waals surface area contributed by atoms with Gasteiger partial charge in [0.15, 0.2) is 0 Å². The van der Waals surface area contributed by atoms with E-state index in [2.05, 4.69) is 0 Å². The molecule has 158 valence electrons. The summed E-state index contributed by atoms with van der Waals surface area (Å²) < 4.78 is 211. The summed E-state index contributed by atoms with van der Waals surface area (Å²) in [6.07, 6.45) is -23.5. The van der Waals surface area contributed by atoms with Crippen molar-refractivity contribution in [3.8, 4) is 0 Å². The quantitative estimate of drug-likeness (QED) is 0.606. The van der Waals surface area contributed by atoms with Gasteiger partial charge in [-0.2, -0.15) is 70.2 Å². The van der Waals surface area contributed by atoms with Gasteiger partial charge < -0.3 is 5.11 Å². The van der Waals surface area contributed by atoms with E-state index in [4.69, 9.17) is 5.11 Å². The molecule has 0 fully saturated rings. The average molecular weight is 436 g/mol. The van der Waals surface area contributed by atoms with Crippen LogP contribution in [0.1, 0.15) is 0 Å². The number of alkyl halides is 17. The monoisotopic (exact) mass is 436 g/mol. The Hall–Kier alpha value is -1.23. The van der Waals surface area contributed by atoms with Crippen molar-refractivity contribution in [1.82, 2.24) is 0 Å². The summed E-state index contributed by atoms with van der Waals surface area (Å²) in [5.74, 6) is -34.3. The van der Waals surface area contributed by atoms with Crippen LogP contribution < -0.4 is 0 Å². The van der Waals surface area contributed by atoms with Gasteiger partial charge in [0.25, 0.3) is 0 Å². The average Bonchev–Trinajstić information content (AvgIpc) is 2.32. The van der Waals surface area contributed by atoms with Crippen molar-refractivity contribution in [2.75, 3.05) is 0 Å². The molecule has 0 amide bonds. The molecule has 0 aliphatic rings. The van der Waals surface area contributed by atoms with E-state index in [1.54, 1.807) is 0 Å². The lowest BCUT2D eigenvalue weighted by Crippen LogP contribution is -2.77. The van der Waals surface area contributed by atoms with E-state index >= 15 is 0 Å². The lowest BCUT2D eigenvalue weighted by Gasteiger charge is -2.43. The molecular weight excluding hydrogens is 435 g/mol. The molecule has 1 nitrogen and oxygen atoms in total. The maximum absolute atomic E-state index is 13.1. The second-order valence-corrected chi connectivity index (χ2v) is 4.49. The van der Waals surface area contributed by atoms with E-state index in [9.17, 15) is 74.6 Å². The Morgan fingerprint density at radius 3 is 0.808 bits per heavy atom. The lowest BCUT2D eigenvalue weighted by molar-refractivity contribution is -0.480. The molecule has 0 aromatic heterocycles. The molecule has 0 aliphatic heterocycles. The van der Waals surface area contributed by atoms with Gasteiger partial charge >= 0.3 is 47.8 Å². The van der Waals surface area contributed by atoms with Gasteiger partial charge in [0.2, 0.25) is 0 Å². The number of rotatable bonds is 5. The fraction of sp³-hybridized carbons (Fsp3) is 1.00. The summed E-state index contributed by atoms with van der Waals surface area (Å²) in [6, 6.07) is 0. The van der Waals surface area contributed by atoms with Crippen LogP contribution in [0.15, 0.2) is 0 Å². The normalized spacial score (nSPS) is 18.7. The number of hydrogen-bond donors (Lipinski definition) is 1. The highest BCUT2D eigenvalue weighted by Crippen LogP contribution is 2.64. The van der Waals surface area contributed by atoms with Crippen LogP contribution >= 0.6 is 0 Å². The maximum Gasteiger partial charge on any atom is 0.460 e. The zero-order chi connectivity index (χ0) is 22.0. The summed E-state index contributed by atoms with van der Waals surface area (Å²) >= 11 is 0. The molecule has 18 heteroatoms. The lowest BCUT2D eigenvalue weighted by atomic mass is 9.85. The number of halogens is 17. The van der Waals surface area contributed by atoms with E-state index in [1.807, 2.05) is 0 Å². The van der Waals surface area contributed by atoms with E-state index in [-0.39, 0.29) is 0 Å². The smallest absolute Gasteiger partial charge is 0.333 e. The van der Waals surface area contributed by atoms with E-state index in [0.29, 0.717) is 0 Å². The van der Waals surface area contributed by atoms with Crippen LogP contribution in [0, 0.1) is 0 Å². The Labute approximate surface area is 129 Å². The Morgan fingerprint density at radius 2 is 0.615 bits per heavy atom. The van der Waals surface area contributed by atoms with Crippen LogP contribution in [-0.4, -0.2) is 52.9 Å². The molecule has 0 heterocycles. The molecule has 0 aromatic carbocycles. The molecule has 1 unspecified atom stereocenters. The third-order valence-electron chi connectivity index (χ3n) is 2.78. The van der Waals surface area contributed by atoms with Gasteiger partial charge in [-0.05, 0) is 0 Å². The van der Waals surface area contributed by atoms with Crippen molar-refractivity contribution in [2.45, 2.75) is 47.8 Å². The number of hydrogen-bond acceptors (Lipinski definition) is 1. The van der Waals surface area contributed by atoms with Crippen LogP contribution in [0.2, 0.25) is 0 Å². The Kier molecular flexibility index (Phi) is 5.37. The van der Waals surface area contributed by atoms with E-state index in [1.165, 1.54) is 0 Å². The zero-order valence-corrected chi connectivity index (χ0v) is 10.9. The first-order valence-corrected chi connectivity index (χ1v) is 5.19. The Balaban J connectivity index is 6.86.